The predicted molar refractivity (Wildman–Crippen MR) is 78.9 cm³/mol. The van der Waals surface area contributed by atoms with Gasteiger partial charge in [-0.2, -0.15) is 0 Å². The highest BCUT2D eigenvalue weighted by molar-refractivity contribution is 7.86. The summed E-state index contributed by atoms with van der Waals surface area (Å²) >= 11 is 0. The van der Waals surface area contributed by atoms with Crippen molar-refractivity contribution in [1.82, 2.24) is 5.32 Å². The SMILES string of the molecule is Cc1cccc(S(=O)CC(=O)NC2CCOCC2)c1N. The summed E-state index contributed by atoms with van der Waals surface area (Å²) in [6, 6.07) is 5.50. The average Bonchev–Trinajstić information content (AvgIpc) is 2.42. The molecule has 1 amide bonds. The Morgan fingerprint density at radius 1 is 1.45 bits per heavy atom. The third-order valence-electron chi connectivity index (χ3n) is 3.38. The Balaban J connectivity index is 1.93. The molecule has 0 saturated carbocycles. The average molecular weight is 296 g/mol. The molecule has 1 unspecified atom stereocenters. The van der Waals surface area contributed by atoms with Crippen LogP contribution in [0.25, 0.3) is 0 Å². The Hall–Kier alpha value is -1.40. The Bertz CT molecular complexity index is 513. The fourth-order valence-electron chi connectivity index (χ4n) is 2.16. The largest absolute Gasteiger partial charge is 0.398 e. The van der Waals surface area contributed by atoms with Crippen molar-refractivity contribution in [2.45, 2.75) is 30.7 Å². The quantitative estimate of drug-likeness (QED) is 0.812. The molecule has 0 aliphatic carbocycles. The van der Waals surface area contributed by atoms with Crippen molar-refractivity contribution < 1.29 is 13.7 Å². The van der Waals surface area contributed by atoms with Crippen LogP contribution in [0.5, 0.6) is 0 Å². The first-order chi connectivity index (χ1) is 9.58. The lowest BCUT2D eigenvalue weighted by Crippen LogP contribution is -2.40. The van der Waals surface area contributed by atoms with E-state index in [0.29, 0.717) is 23.8 Å². The molecular weight excluding hydrogens is 276 g/mol. The third-order valence-corrected chi connectivity index (χ3v) is 4.75. The summed E-state index contributed by atoms with van der Waals surface area (Å²) in [4.78, 5) is 12.4. The minimum atomic E-state index is -1.41. The van der Waals surface area contributed by atoms with Crippen LogP contribution in [0.4, 0.5) is 5.69 Å². The molecule has 1 aliphatic rings. The molecule has 2 rings (SSSR count). The molecule has 5 nitrogen and oxygen atoms in total. The van der Waals surface area contributed by atoms with Gasteiger partial charge in [0.2, 0.25) is 5.91 Å². The monoisotopic (exact) mass is 296 g/mol. The summed E-state index contributed by atoms with van der Waals surface area (Å²) in [5, 5.41) is 2.90. The second-order valence-corrected chi connectivity index (χ2v) is 6.35. The summed E-state index contributed by atoms with van der Waals surface area (Å²) in [5.74, 6) is -0.249. The zero-order valence-electron chi connectivity index (χ0n) is 11.6. The number of anilines is 1. The number of aryl methyl sites for hydroxylation is 1. The molecule has 20 heavy (non-hydrogen) atoms. The van der Waals surface area contributed by atoms with E-state index in [1.807, 2.05) is 13.0 Å². The summed E-state index contributed by atoms with van der Waals surface area (Å²) in [7, 11) is -1.41. The molecule has 1 aromatic rings. The number of amides is 1. The second-order valence-electron chi connectivity index (χ2n) is 4.93. The van der Waals surface area contributed by atoms with Gasteiger partial charge in [0.1, 0.15) is 5.75 Å². The Labute approximate surface area is 121 Å². The van der Waals surface area contributed by atoms with Crippen molar-refractivity contribution >= 4 is 22.4 Å². The molecule has 6 heteroatoms. The van der Waals surface area contributed by atoms with E-state index in [-0.39, 0.29) is 17.7 Å². The van der Waals surface area contributed by atoms with Crippen molar-refractivity contribution in [3.8, 4) is 0 Å². The van der Waals surface area contributed by atoms with Crippen LogP contribution in [-0.2, 0) is 20.3 Å². The number of hydrogen-bond donors (Lipinski definition) is 2. The molecule has 0 bridgehead atoms. The van der Waals surface area contributed by atoms with Gasteiger partial charge in [0.15, 0.2) is 0 Å². The number of hydrogen-bond acceptors (Lipinski definition) is 4. The Morgan fingerprint density at radius 2 is 2.15 bits per heavy atom. The summed E-state index contributed by atoms with van der Waals surface area (Å²) in [5.41, 5.74) is 7.28. The number of para-hydroxylation sites is 1. The zero-order chi connectivity index (χ0) is 14.5. The van der Waals surface area contributed by atoms with E-state index in [4.69, 9.17) is 10.5 Å². The van der Waals surface area contributed by atoms with Crippen LogP contribution in [0, 0.1) is 6.92 Å². The van der Waals surface area contributed by atoms with Crippen molar-refractivity contribution in [3.05, 3.63) is 23.8 Å². The van der Waals surface area contributed by atoms with Gasteiger partial charge in [0, 0.05) is 19.3 Å². The van der Waals surface area contributed by atoms with Crippen molar-refractivity contribution in [1.29, 1.82) is 0 Å². The van der Waals surface area contributed by atoms with Gasteiger partial charge in [-0.05, 0) is 31.4 Å². The van der Waals surface area contributed by atoms with E-state index < -0.39 is 10.8 Å². The highest BCUT2D eigenvalue weighted by Crippen LogP contribution is 2.20. The normalized spacial score (nSPS) is 17.6. The van der Waals surface area contributed by atoms with Crippen LogP contribution in [0.2, 0.25) is 0 Å². The number of nitrogens with one attached hydrogen (secondary N) is 1. The molecule has 1 heterocycles. The number of rotatable bonds is 4. The molecule has 1 atom stereocenters. The van der Waals surface area contributed by atoms with Crippen LogP contribution in [0.15, 0.2) is 23.1 Å². The minimum absolute atomic E-state index is 0.0506. The first kappa shape index (κ1) is 15.0. The highest BCUT2D eigenvalue weighted by atomic mass is 32.2. The molecule has 0 radical (unpaired) electrons. The Morgan fingerprint density at radius 3 is 2.85 bits per heavy atom. The summed E-state index contributed by atoms with van der Waals surface area (Å²) in [6.07, 6.45) is 1.62. The lowest BCUT2D eigenvalue weighted by atomic mass is 10.1. The maximum atomic E-state index is 12.2. The van der Waals surface area contributed by atoms with Gasteiger partial charge in [-0.1, -0.05) is 12.1 Å². The number of ether oxygens (including phenoxy) is 1. The van der Waals surface area contributed by atoms with E-state index >= 15 is 0 Å². The van der Waals surface area contributed by atoms with Gasteiger partial charge in [0.05, 0.1) is 21.4 Å². The maximum Gasteiger partial charge on any atom is 0.233 e. The van der Waals surface area contributed by atoms with E-state index in [1.54, 1.807) is 12.1 Å². The summed E-state index contributed by atoms with van der Waals surface area (Å²) < 4.78 is 17.4. The van der Waals surface area contributed by atoms with Crippen LogP contribution in [0.1, 0.15) is 18.4 Å². The van der Waals surface area contributed by atoms with E-state index in [0.717, 1.165) is 18.4 Å². The van der Waals surface area contributed by atoms with Gasteiger partial charge < -0.3 is 15.8 Å². The third kappa shape index (κ3) is 3.80. The predicted octanol–water partition coefficient (Wildman–Crippen LogP) is 0.980. The van der Waals surface area contributed by atoms with Crippen LogP contribution in [-0.4, -0.2) is 35.1 Å². The van der Waals surface area contributed by atoms with Gasteiger partial charge in [-0.25, -0.2) is 0 Å². The van der Waals surface area contributed by atoms with Crippen LogP contribution < -0.4 is 11.1 Å². The summed E-state index contributed by atoms with van der Waals surface area (Å²) in [6.45, 7) is 3.19. The van der Waals surface area contributed by atoms with Gasteiger partial charge in [-0.3, -0.25) is 9.00 Å². The van der Waals surface area contributed by atoms with E-state index in [9.17, 15) is 9.00 Å². The number of nitrogen functional groups attached to an aromatic ring is 1. The first-order valence-corrected chi connectivity index (χ1v) is 8.00. The van der Waals surface area contributed by atoms with Gasteiger partial charge >= 0.3 is 0 Å². The van der Waals surface area contributed by atoms with Crippen molar-refractivity contribution in [3.63, 3.8) is 0 Å². The highest BCUT2D eigenvalue weighted by Gasteiger charge is 2.19. The molecule has 0 aromatic heterocycles. The Kier molecular flexibility index (Phi) is 5.14. The molecule has 1 aliphatic heterocycles. The van der Waals surface area contributed by atoms with Crippen LogP contribution in [0.3, 0.4) is 0 Å². The fraction of sp³-hybridized carbons (Fsp3) is 0.500. The standard InChI is InChI=1S/C14H20N2O3S/c1-10-3-2-4-12(14(10)15)20(18)9-13(17)16-11-5-7-19-8-6-11/h2-4,11H,5-9,15H2,1H3,(H,16,17). The number of benzene rings is 1. The molecule has 1 fully saturated rings. The number of nitrogens with two attached hydrogens (primary N) is 1. The van der Waals surface area contributed by atoms with E-state index in [1.165, 1.54) is 0 Å². The zero-order valence-corrected chi connectivity index (χ0v) is 12.4. The van der Waals surface area contributed by atoms with Crippen LogP contribution >= 0.6 is 0 Å². The molecule has 0 spiro atoms. The lowest BCUT2D eigenvalue weighted by Gasteiger charge is -2.23. The molecule has 1 saturated heterocycles. The molecule has 110 valence electrons. The minimum Gasteiger partial charge on any atom is -0.398 e. The number of carbonyl (C=O) groups excluding carboxylic acids is 1. The molecular formula is C14H20N2O3S. The number of carbonyl (C=O) groups is 1. The van der Waals surface area contributed by atoms with Crippen molar-refractivity contribution in [2.75, 3.05) is 24.7 Å². The van der Waals surface area contributed by atoms with Gasteiger partial charge in [-0.15, -0.1) is 0 Å². The van der Waals surface area contributed by atoms with Gasteiger partial charge in [0.25, 0.3) is 0 Å². The maximum absolute atomic E-state index is 12.2. The smallest absolute Gasteiger partial charge is 0.233 e. The molecule has 1 aromatic carbocycles. The lowest BCUT2D eigenvalue weighted by molar-refractivity contribution is -0.119. The molecule has 3 N–H and O–H groups in total. The topological polar surface area (TPSA) is 81.4 Å². The fourth-order valence-corrected chi connectivity index (χ4v) is 3.27. The van der Waals surface area contributed by atoms with E-state index in [2.05, 4.69) is 5.32 Å². The second kappa shape index (κ2) is 6.85. The van der Waals surface area contributed by atoms with Crippen molar-refractivity contribution in [2.24, 2.45) is 0 Å². The first-order valence-electron chi connectivity index (χ1n) is 6.68.